The first-order valence-electron chi connectivity index (χ1n) is 10.2. The summed E-state index contributed by atoms with van der Waals surface area (Å²) < 4.78 is 1.94. The van der Waals surface area contributed by atoms with Crippen LogP contribution in [0.25, 0.3) is 16.4 Å². The van der Waals surface area contributed by atoms with Gasteiger partial charge in [-0.15, -0.1) is 0 Å². The lowest BCUT2D eigenvalue weighted by atomic mass is 10.1. The van der Waals surface area contributed by atoms with Gasteiger partial charge in [0.25, 0.3) is 5.91 Å². The highest BCUT2D eigenvalue weighted by atomic mass is 32.1. The van der Waals surface area contributed by atoms with Crippen LogP contribution < -0.4 is 4.90 Å². The minimum Gasteiger partial charge on any atom is -0.353 e. The van der Waals surface area contributed by atoms with Crippen molar-refractivity contribution in [2.45, 2.75) is 6.92 Å². The van der Waals surface area contributed by atoms with Gasteiger partial charge in [0.2, 0.25) is 0 Å². The fourth-order valence-electron chi connectivity index (χ4n) is 3.72. The minimum atomic E-state index is 0.0562. The summed E-state index contributed by atoms with van der Waals surface area (Å²) in [7, 11) is 0. The number of rotatable bonds is 4. The van der Waals surface area contributed by atoms with Gasteiger partial charge in [-0.2, -0.15) is 0 Å². The van der Waals surface area contributed by atoms with Crippen LogP contribution in [0.3, 0.4) is 0 Å². The number of carbonyl (C=O) groups excluding carboxylic acids is 1. The van der Waals surface area contributed by atoms with E-state index in [9.17, 15) is 4.79 Å². The van der Waals surface area contributed by atoms with Gasteiger partial charge in [0, 0.05) is 50.2 Å². The Labute approximate surface area is 184 Å². The zero-order valence-corrected chi connectivity index (χ0v) is 18.0. The summed E-state index contributed by atoms with van der Waals surface area (Å²) in [6, 6.07) is 16.0. The molecule has 4 heterocycles. The maximum atomic E-state index is 13.1. The molecule has 0 aliphatic carbocycles. The maximum absolute atomic E-state index is 13.1. The number of aryl methyl sites for hydroxylation is 1. The highest BCUT2D eigenvalue weighted by molar-refractivity contribution is 7.16. The normalized spacial score (nSPS) is 14.1. The molecular weight excluding hydrogens is 408 g/mol. The van der Waals surface area contributed by atoms with Crippen LogP contribution in [0.2, 0.25) is 0 Å². The zero-order chi connectivity index (χ0) is 21.2. The predicted molar refractivity (Wildman–Crippen MR) is 122 cm³/mol. The molecule has 0 N–H and O–H groups in total. The third kappa shape index (κ3) is 3.94. The van der Waals surface area contributed by atoms with Crippen molar-refractivity contribution >= 4 is 23.1 Å². The smallest absolute Gasteiger partial charge is 0.266 e. The Morgan fingerprint density at radius 2 is 1.71 bits per heavy atom. The van der Waals surface area contributed by atoms with Gasteiger partial charge in [0.1, 0.15) is 17.0 Å². The van der Waals surface area contributed by atoms with Crippen molar-refractivity contribution in [3.8, 4) is 16.4 Å². The van der Waals surface area contributed by atoms with E-state index in [2.05, 4.69) is 19.9 Å². The van der Waals surface area contributed by atoms with Gasteiger partial charge in [-0.1, -0.05) is 41.7 Å². The summed E-state index contributed by atoms with van der Waals surface area (Å²) in [6.07, 6.45) is 5.49. The second kappa shape index (κ2) is 8.31. The van der Waals surface area contributed by atoms with Gasteiger partial charge < -0.3 is 14.4 Å². The number of nitrogens with zero attached hydrogens (tertiary/aromatic N) is 6. The van der Waals surface area contributed by atoms with Crippen molar-refractivity contribution in [3.63, 3.8) is 0 Å². The van der Waals surface area contributed by atoms with Gasteiger partial charge in [-0.3, -0.25) is 4.79 Å². The Morgan fingerprint density at radius 1 is 0.968 bits per heavy atom. The van der Waals surface area contributed by atoms with Crippen LogP contribution in [-0.2, 0) is 0 Å². The number of carbonyl (C=O) groups is 1. The number of thiazole rings is 1. The quantitative estimate of drug-likeness (QED) is 0.494. The lowest BCUT2D eigenvalue weighted by Gasteiger charge is -2.35. The molecule has 156 valence electrons. The van der Waals surface area contributed by atoms with Gasteiger partial charge in [0.05, 0.1) is 11.4 Å². The Hall–Kier alpha value is -3.52. The molecule has 0 spiro atoms. The van der Waals surface area contributed by atoms with Crippen molar-refractivity contribution in [1.82, 2.24) is 24.4 Å². The van der Waals surface area contributed by atoms with Crippen molar-refractivity contribution < 1.29 is 4.79 Å². The van der Waals surface area contributed by atoms with Gasteiger partial charge in [-0.05, 0) is 19.1 Å². The van der Waals surface area contributed by atoms with E-state index in [0.29, 0.717) is 18.0 Å². The van der Waals surface area contributed by atoms with Crippen LogP contribution in [0.4, 0.5) is 5.82 Å². The summed E-state index contributed by atoms with van der Waals surface area (Å²) in [4.78, 5) is 31.4. The van der Waals surface area contributed by atoms with E-state index in [4.69, 9.17) is 0 Å². The molecule has 8 heteroatoms. The number of aromatic nitrogens is 4. The Morgan fingerprint density at radius 3 is 2.45 bits per heavy atom. The van der Waals surface area contributed by atoms with E-state index in [1.807, 2.05) is 77.3 Å². The average Bonchev–Trinajstić information content (AvgIpc) is 3.49. The number of hydrogen-bond acceptors (Lipinski definition) is 6. The Balaban J connectivity index is 1.27. The molecule has 7 nitrogen and oxygen atoms in total. The maximum Gasteiger partial charge on any atom is 0.266 e. The number of anilines is 1. The first kappa shape index (κ1) is 19.4. The molecule has 1 aromatic carbocycles. The van der Waals surface area contributed by atoms with Gasteiger partial charge in [-0.25, -0.2) is 15.0 Å². The summed E-state index contributed by atoms with van der Waals surface area (Å²) >= 11 is 1.44. The van der Waals surface area contributed by atoms with E-state index >= 15 is 0 Å². The molecule has 1 aliphatic rings. The van der Waals surface area contributed by atoms with Crippen molar-refractivity contribution in [1.29, 1.82) is 0 Å². The lowest BCUT2D eigenvalue weighted by molar-refractivity contribution is 0.0750. The first-order chi connectivity index (χ1) is 15.2. The second-order valence-electron chi connectivity index (χ2n) is 7.41. The van der Waals surface area contributed by atoms with E-state index in [1.165, 1.54) is 11.3 Å². The fourth-order valence-corrected chi connectivity index (χ4v) is 4.72. The predicted octanol–water partition coefficient (Wildman–Crippen LogP) is 3.66. The van der Waals surface area contributed by atoms with E-state index in [-0.39, 0.29) is 5.91 Å². The standard InChI is InChI=1S/C23H22N6OS/c1-17-21(31-23(26-17)29-9-5-6-10-29)22(30)28-13-11-27(12-14-28)20-15-19(24-16-25-20)18-7-3-2-4-8-18/h2-10,15-16H,11-14H2,1H3. The van der Waals surface area contributed by atoms with E-state index in [0.717, 1.165) is 41.0 Å². The molecule has 4 aromatic rings. The summed E-state index contributed by atoms with van der Waals surface area (Å²) in [5, 5.41) is 0.818. The lowest BCUT2D eigenvalue weighted by Crippen LogP contribution is -2.49. The molecule has 0 atom stereocenters. The van der Waals surface area contributed by atoms with Crippen LogP contribution in [-0.4, -0.2) is 56.5 Å². The number of amides is 1. The molecule has 1 aliphatic heterocycles. The molecule has 1 fully saturated rings. The van der Waals surface area contributed by atoms with E-state index < -0.39 is 0 Å². The summed E-state index contributed by atoms with van der Waals surface area (Å²) in [5.41, 5.74) is 2.76. The third-order valence-corrected chi connectivity index (χ3v) is 6.58. The molecule has 5 rings (SSSR count). The average molecular weight is 431 g/mol. The molecule has 3 aromatic heterocycles. The largest absolute Gasteiger partial charge is 0.353 e. The van der Waals surface area contributed by atoms with Gasteiger partial charge in [0.15, 0.2) is 5.13 Å². The highest BCUT2D eigenvalue weighted by Crippen LogP contribution is 2.25. The van der Waals surface area contributed by atoms with E-state index in [1.54, 1.807) is 6.33 Å². The molecule has 0 unspecified atom stereocenters. The first-order valence-corrected chi connectivity index (χ1v) is 11.0. The van der Waals surface area contributed by atoms with Crippen molar-refractivity contribution in [2.75, 3.05) is 31.1 Å². The Kier molecular flexibility index (Phi) is 5.21. The topological polar surface area (TPSA) is 67.2 Å². The number of benzene rings is 1. The second-order valence-corrected chi connectivity index (χ2v) is 8.39. The summed E-state index contributed by atoms with van der Waals surface area (Å²) in [6.45, 7) is 4.68. The molecular formula is C23H22N6OS. The molecule has 31 heavy (non-hydrogen) atoms. The van der Waals surface area contributed by atoms with Crippen LogP contribution in [0, 0.1) is 6.92 Å². The van der Waals surface area contributed by atoms with Crippen LogP contribution in [0.1, 0.15) is 15.4 Å². The van der Waals surface area contributed by atoms with Crippen LogP contribution in [0.5, 0.6) is 0 Å². The molecule has 1 amide bonds. The van der Waals surface area contributed by atoms with Crippen molar-refractivity contribution in [2.24, 2.45) is 0 Å². The SMILES string of the molecule is Cc1nc(-n2cccc2)sc1C(=O)N1CCN(c2cc(-c3ccccc3)ncn2)CC1. The third-order valence-electron chi connectivity index (χ3n) is 5.42. The monoisotopic (exact) mass is 430 g/mol. The van der Waals surface area contributed by atoms with Gasteiger partial charge >= 0.3 is 0 Å². The summed E-state index contributed by atoms with van der Waals surface area (Å²) in [5.74, 6) is 0.950. The van der Waals surface area contributed by atoms with Crippen molar-refractivity contribution in [3.05, 3.63) is 77.8 Å². The fraction of sp³-hybridized carbons (Fsp3) is 0.217. The molecule has 1 saturated heterocycles. The molecule has 0 radical (unpaired) electrons. The minimum absolute atomic E-state index is 0.0562. The van der Waals surface area contributed by atoms with Crippen LogP contribution >= 0.6 is 11.3 Å². The molecule has 0 saturated carbocycles. The highest BCUT2D eigenvalue weighted by Gasteiger charge is 2.26. The zero-order valence-electron chi connectivity index (χ0n) is 17.2. The van der Waals surface area contributed by atoms with Crippen LogP contribution in [0.15, 0.2) is 67.3 Å². The number of hydrogen-bond donors (Lipinski definition) is 0. The number of piperazine rings is 1. The Bertz CT molecular complexity index is 1180. The molecule has 0 bridgehead atoms.